The molecule has 0 saturated heterocycles. The molecule has 0 atom stereocenters. The van der Waals surface area contributed by atoms with Crippen LogP contribution in [0, 0.1) is 0 Å². The van der Waals surface area contributed by atoms with Crippen molar-refractivity contribution in [2.45, 2.75) is 26.2 Å². The van der Waals surface area contributed by atoms with Gasteiger partial charge < -0.3 is 14.0 Å². The molecule has 2 aliphatic heterocycles. The minimum absolute atomic E-state index is 0.0492. The van der Waals surface area contributed by atoms with E-state index in [0.29, 0.717) is 0 Å². The molecule has 0 saturated carbocycles. The Kier molecular flexibility index (Phi) is 5.47. The van der Waals surface area contributed by atoms with Gasteiger partial charge in [-0.1, -0.05) is 112 Å². The van der Waals surface area contributed by atoms with Crippen LogP contribution < -0.4 is 21.3 Å². The Morgan fingerprint density at radius 1 is 0.440 bits per heavy atom. The van der Waals surface area contributed by atoms with Gasteiger partial charge in [0.25, 0.3) is 6.71 Å². The Morgan fingerprint density at radius 3 is 1.86 bits per heavy atom. The SMILES string of the molecule is CC(C)(C)c1cc2c3c(c1)-n1c4cc5c(cc4c4cccc(c41)B3c1ccccc1N2c1ccccc1)c1ccccc1n5-c1ccccc1. The summed E-state index contributed by atoms with van der Waals surface area (Å²) in [6, 6.07) is 56.5. The van der Waals surface area contributed by atoms with Gasteiger partial charge in [0.1, 0.15) is 0 Å². The minimum atomic E-state index is -0.0492. The number of anilines is 3. The van der Waals surface area contributed by atoms with Crippen LogP contribution >= 0.6 is 0 Å². The molecule has 4 heterocycles. The van der Waals surface area contributed by atoms with Gasteiger partial charge in [0, 0.05) is 55.5 Å². The van der Waals surface area contributed by atoms with Crippen molar-refractivity contribution in [3.05, 3.63) is 157 Å². The summed E-state index contributed by atoms with van der Waals surface area (Å²) in [7, 11) is 0. The highest BCUT2D eigenvalue weighted by atomic mass is 15.2. The summed E-state index contributed by atoms with van der Waals surface area (Å²) < 4.78 is 5.05. The molecule has 7 aromatic carbocycles. The summed E-state index contributed by atoms with van der Waals surface area (Å²) >= 11 is 0. The zero-order valence-corrected chi connectivity index (χ0v) is 28.4. The monoisotopic (exact) mass is 639 g/mol. The standard InChI is InChI=1S/C46H34BN3/c1-46(2,3)29-25-42-44-43(26-29)50-41-28-40-34(32-19-10-12-23-38(32)48(40)30-15-6-4-7-16-30)27-35(41)33-20-14-22-37(45(33)50)47(44)36-21-11-13-24-39(36)49(42)31-17-8-5-9-18-31/h4-28H,1-3H3. The van der Waals surface area contributed by atoms with E-state index in [1.165, 1.54) is 94.0 Å². The predicted molar refractivity (Wildman–Crippen MR) is 213 cm³/mol. The Hall–Kier alpha value is -6.00. The van der Waals surface area contributed by atoms with Crippen molar-refractivity contribution < 1.29 is 0 Å². The first-order valence-corrected chi connectivity index (χ1v) is 17.7. The molecule has 0 radical (unpaired) electrons. The molecule has 2 aliphatic rings. The van der Waals surface area contributed by atoms with E-state index in [1.807, 2.05) is 0 Å². The molecule has 9 aromatic rings. The Morgan fingerprint density at radius 2 is 1.06 bits per heavy atom. The Balaban J connectivity index is 1.33. The van der Waals surface area contributed by atoms with Crippen molar-refractivity contribution in [1.82, 2.24) is 9.13 Å². The van der Waals surface area contributed by atoms with Crippen molar-refractivity contribution in [1.29, 1.82) is 0 Å². The average Bonchev–Trinajstić information content (AvgIpc) is 3.65. The average molecular weight is 640 g/mol. The lowest BCUT2D eigenvalue weighted by Gasteiger charge is -2.41. The summed E-state index contributed by atoms with van der Waals surface area (Å²) in [6.07, 6.45) is 0. The van der Waals surface area contributed by atoms with Gasteiger partial charge in [-0.05, 0) is 88.0 Å². The van der Waals surface area contributed by atoms with Crippen molar-refractivity contribution in [3.63, 3.8) is 0 Å². The van der Waals surface area contributed by atoms with E-state index in [4.69, 9.17) is 0 Å². The molecule has 0 N–H and O–H groups in total. The second-order valence-corrected chi connectivity index (χ2v) is 15.0. The minimum Gasteiger partial charge on any atom is -0.311 e. The summed E-state index contributed by atoms with van der Waals surface area (Å²) in [4.78, 5) is 2.50. The molecule has 50 heavy (non-hydrogen) atoms. The second kappa shape index (κ2) is 9.80. The van der Waals surface area contributed by atoms with Crippen LogP contribution in [0.15, 0.2) is 152 Å². The molecule has 0 aliphatic carbocycles. The van der Waals surface area contributed by atoms with E-state index in [2.05, 4.69) is 186 Å². The quantitative estimate of drug-likeness (QED) is 0.172. The number of aromatic nitrogens is 2. The molecule has 0 fully saturated rings. The maximum atomic E-state index is 2.61. The van der Waals surface area contributed by atoms with Gasteiger partial charge >= 0.3 is 0 Å². The van der Waals surface area contributed by atoms with Crippen LogP contribution in [0.3, 0.4) is 0 Å². The summed E-state index contributed by atoms with van der Waals surface area (Å²) in [5.41, 5.74) is 16.6. The molecule has 0 spiro atoms. The lowest BCUT2D eigenvalue weighted by atomic mass is 9.33. The first-order chi connectivity index (χ1) is 24.5. The smallest absolute Gasteiger partial charge is 0.252 e. The largest absolute Gasteiger partial charge is 0.311 e. The topological polar surface area (TPSA) is 13.1 Å². The molecular formula is C46H34BN3. The fourth-order valence-electron chi connectivity index (χ4n) is 9.01. The molecule has 236 valence electrons. The van der Waals surface area contributed by atoms with E-state index in [0.717, 1.165) is 0 Å². The van der Waals surface area contributed by atoms with Crippen LogP contribution in [0.25, 0.3) is 55.0 Å². The van der Waals surface area contributed by atoms with E-state index < -0.39 is 0 Å². The number of hydrogen-bond acceptors (Lipinski definition) is 1. The summed E-state index contributed by atoms with van der Waals surface area (Å²) in [5.74, 6) is 0. The molecule has 0 unspecified atom stereocenters. The Bertz CT molecular complexity index is 2850. The third-order valence-electron chi connectivity index (χ3n) is 11.2. The third kappa shape index (κ3) is 3.60. The van der Waals surface area contributed by atoms with E-state index in [-0.39, 0.29) is 12.1 Å². The highest BCUT2D eigenvalue weighted by Crippen LogP contribution is 2.44. The molecule has 2 aromatic heterocycles. The fourth-order valence-corrected chi connectivity index (χ4v) is 9.01. The fraction of sp³-hybridized carbons (Fsp3) is 0.0870. The Labute approximate surface area is 291 Å². The van der Waals surface area contributed by atoms with E-state index >= 15 is 0 Å². The zero-order chi connectivity index (χ0) is 33.3. The van der Waals surface area contributed by atoms with Crippen LogP contribution in [0.2, 0.25) is 0 Å². The van der Waals surface area contributed by atoms with Gasteiger partial charge in [0.05, 0.1) is 16.6 Å². The van der Waals surface area contributed by atoms with E-state index in [9.17, 15) is 0 Å². The van der Waals surface area contributed by atoms with Crippen molar-refractivity contribution in [2.75, 3.05) is 4.90 Å². The van der Waals surface area contributed by atoms with Crippen molar-refractivity contribution >= 4 is 83.8 Å². The molecule has 0 amide bonds. The molecule has 3 nitrogen and oxygen atoms in total. The number of hydrogen-bond donors (Lipinski definition) is 0. The van der Waals surface area contributed by atoms with E-state index in [1.54, 1.807) is 0 Å². The van der Waals surface area contributed by atoms with Gasteiger partial charge in [-0.2, -0.15) is 0 Å². The molecule has 11 rings (SSSR count). The third-order valence-corrected chi connectivity index (χ3v) is 11.2. The molecule has 0 bridgehead atoms. The number of para-hydroxylation sites is 5. The molecule has 4 heteroatoms. The first-order valence-electron chi connectivity index (χ1n) is 17.7. The lowest BCUT2D eigenvalue weighted by Crippen LogP contribution is -2.60. The highest BCUT2D eigenvalue weighted by molar-refractivity contribution is 7.00. The zero-order valence-electron chi connectivity index (χ0n) is 28.4. The van der Waals surface area contributed by atoms with Crippen molar-refractivity contribution in [2.24, 2.45) is 0 Å². The van der Waals surface area contributed by atoms with Crippen LogP contribution in [0.5, 0.6) is 0 Å². The maximum absolute atomic E-state index is 2.61. The lowest BCUT2D eigenvalue weighted by molar-refractivity contribution is 0.590. The number of fused-ring (bicyclic) bond motifs is 10. The summed E-state index contributed by atoms with van der Waals surface area (Å²) in [6.45, 7) is 7.14. The number of nitrogens with zero attached hydrogens (tertiary/aromatic N) is 3. The van der Waals surface area contributed by atoms with Gasteiger partial charge in [0.15, 0.2) is 0 Å². The summed E-state index contributed by atoms with van der Waals surface area (Å²) in [5, 5.41) is 5.17. The van der Waals surface area contributed by atoms with Gasteiger partial charge in [0.2, 0.25) is 0 Å². The predicted octanol–water partition coefficient (Wildman–Crippen LogP) is 9.79. The first kappa shape index (κ1) is 27.9. The second-order valence-electron chi connectivity index (χ2n) is 15.0. The molecular weight excluding hydrogens is 605 g/mol. The van der Waals surface area contributed by atoms with Crippen LogP contribution in [-0.4, -0.2) is 15.8 Å². The van der Waals surface area contributed by atoms with Gasteiger partial charge in [-0.3, -0.25) is 0 Å². The number of rotatable bonds is 2. The van der Waals surface area contributed by atoms with Crippen LogP contribution in [-0.2, 0) is 5.41 Å². The van der Waals surface area contributed by atoms with Gasteiger partial charge in [-0.25, -0.2) is 0 Å². The van der Waals surface area contributed by atoms with Crippen LogP contribution in [0.4, 0.5) is 17.1 Å². The van der Waals surface area contributed by atoms with Gasteiger partial charge in [-0.15, -0.1) is 0 Å². The normalized spacial score (nSPS) is 13.4. The highest BCUT2D eigenvalue weighted by Gasteiger charge is 2.42. The number of benzene rings is 7. The maximum Gasteiger partial charge on any atom is 0.252 e. The van der Waals surface area contributed by atoms with Crippen molar-refractivity contribution in [3.8, 4) is 11.4 Å². The van der Waals surface area contributed by atoms with Crippen LogP contribution in [0.1, 0.15) is 26.3 Å².